The monoisotopic (exact) mass is 275 g/mol. The van der Waals surface area contributed by atoms with Crippen molar-refractivity contribution in [3.05, 3.63) is 40.2 Å². The summed E-state index contributed by atoms with van der Waals surface area (Å²) in [6.45, 7) is -0.313. The highest BCUT2D eigenvalue weighted by Gasteiger charge is 2.16. The average Bonchev–Trinajstić information content (AvgIpc) is 2.48. The van der Waals surface area contributed by atoms with Gasteiger partial charge >= 0.3 is 5.97 Å². The van der Waals surface area contributed by atoms with E-state index >= 15 is 0 Å². The van der Waals surface area contributed by atoms with Crippen LogP contribution in [0.25, 0.3) is 10.9 Å². The number of fused-ring (bicyclic) bond motifs is 1. The summed E-state index contributed by atoms with van der Waals surface area (Å²) in [5, 5.41) is 6.63. The fraction of sp³-hybridized carbons (Fsp3) is 0.231. The van der Waals surface area contributed by atoms with Crippen LogP contribution in [0.4, 0.5) is 0 Å². The predicted molar refractivity (Wildman–Crippen MR) is 71.3 cm³/mol. The van der Waals surface area contributed by atoms with Crippen molar-refractivity contribution in [1.29, 1.82) is 0 Å². The van der Waals surface area contributed by atoms with E-state index in [1.165, 1.54) is 11.8 Å². The molecule has 0 radical (unpaired) electrons. The Morgan fingerprint density at radius 3 is 2.75 bits per heavy atom. The molecule has 7 nitrogen and oxygen atoms in total. The second kappa shape index (κ2) is 5.52. The highest BCUT2D eigenvalue weighted by atomic mass is 16.5. The van der Waals surface area contributed by atoms with Crippen LogP contribution in [0.3, 0.4) is 0 Å². The first-order valence-corrected chi connectivity index (χ1v) is 5.85. The lowest BCUT2D eigenvalue weighted by molar-refractivity contribution is -0.139. The number of hydrogen-bond donors (Lipinski definition) is 1. The number of amides is 1. The molecular formula is C13H13N3O4. The number of benzene rings is 1. The third kappa shape index (κ3) is 2.51. The lowest BCUT2D eigenvalue weighted by Crippen LogP contribution is -2.35. The Morgan fingerprint density at radius 2 is 2.05 bits per heavy atom. The van der Waals surface area contributed by atoms with Crippen molar-refractivity contribution in [1.82, 2.24) is 15.1 Å². The molecule has 0 saturated carbocycles. The van der Waals surface area contributed by atoms with E-state index in [9.17, 15) is 14.4 Å². The van der Waals surface area contributed by atoms with Crippen molar-refractivity contribution < 1.29 is 14.3 Å². The van der Waals surface area contributed by atoms with Crippen LogP contribution < -0.4 is 10.7 Å². The van der Waals surface area contributed by atoms with E-state index in [0.717, 1.165) is 0 Å². The molecule has 1 heterocycles. The van der Waals surface area contributed by atoms with Gasteiger partial charge in [-0.2, -0.15) is 5.10 Å². The van der Waals surface area contributed by atoms with Gasteiger partial charge in [-0.1, -0.05) is 12.1 Å². The molecule has 0 unspecified atom stereocenters. The number of para-hydroxylation sites is 1. The van der Waals surface area contributed by atoms with Gasteiger partial charge in [0.2, 0.25) is 5.43 Å². The van der Waals surface area contributed by atoms with Crippen molar-refractivity contribution in [3.8, 4) is 0 Å². The van der Waals surface area contributed by atoms with Crippen LogP contribution in [-0.4, -0.2) is 35.3 Å². The van der Waals surface area contributed by atoms with Gasteiger partial charge in [-0.15, -0.1) is 0 Å². The van der Waals surface area contributed by atoms with Crippen LogP contribution in [0.1, 0.15) is 10.5 Å². The normalized spacial score (nSPS) is 10.3. The van der Waals surface area contributed by atoms with E-state index in [0.29, 0.717) is 10.9 Å². The SMILES string of the molecule is COC(=O)CNC(=O)c1nn(C)c2ccccc2c1=O. The number of hydrogen-bond acceptors (Lipinski definition) is 5. The Labute approximate surface area is 114 Å². The Kier molecular flexibility index (Phi) is 3.79. The van der Waals surface area contributed by atoms with Crippen molar-refractivity contribution in [2.75, 3.05) is 13.7 Å². The summed E-state index contributed by atoms with van der Waals surface area (Å²) in [5.41, 5.74) is -0.0989. The second-order valence-electron chi connectivity index (χ2n) is 4.08. The molecule has 7 heteroatoms. The number of nitrogens with one attached hydrogen (secondary N) is 1. The molecule has 0 fully saturated rings. The number of rotatable bonds is 3. The van der Waals surface area contributed by atoms with Crippen LogP contribution >= 0.6 is 0 Å². The third-order valence-corrected chi connectivity index (χ3v) is 2.80. The van der Waals surface area contributed by atoms with Gasteiger partial charge in [-0.3, -0.25) is 19.1 Å². The Morgan fingerprint density at radius 1 is 1.35 bits per heavy atom. The molecule has 2 aromatic rings. The van der Waals surface area contributed by atoms with Gasteiger partial charge < -0.3 is 10.1 Å². The van der Waals surface area contributed by atoms with Crippen LogP contribution in [0.2, 0.25) is 0 Å². The van der Waals surface area contributed by atoms with E-state index in [2.05, 4.69) is 15.2 Å². The summed E-state index contributed by atoms with van der Waals surface area (Å²) < 4.78 is 5.85. The molecule has 1 N–H and O–H groups in total. The molecule has 1 aromatic carbocycles. The molecule has 104 valence electrons. The zero-order chi connectivity index (χ0) is 14.7. The molecule has 0 saturated heterocycles. The largest absolute Gasteiger partial charge is 0.468 e. The molecule has 2 rings (SSSR count). The topological polar surface area (TPSA) is 90.3 Å². The maximum atomic E-state index is 12.2. The van der Waals surface area contributed by atoms with Crippen molar-refractivity contribution in [3.63, 3.8) is 0 Å². The summed E-state index contributed by atoms with van der Waals surface area (Å²) >= 11 is 0. The molecule has 20 heavy (non-hydrogen) atoms. The summed E-state index contributed by atoms with van der Waals surface area (Å²) in [4.78, 5) is 35.0. The first kappa shape index (κ1) is 13.7. The van der Waals surface area contributed by atoms with E-state index in [4.69, 9.17) is 0 Å². The summed E-state index contributed by atoms with van der Waals surface area (Å²) in [6.07, 6.45) is 0. The third-order valence-electron chi connectivity index (χ3n) is 2.80. The van der Waals surface area contributed by atoms with Crippen molar-refractivity contribution in [2.45, 2.75) is 0 Å². The number of carbonyl (C=O) groups excluding carboxylic acids is 2. The molecular weight excluding hydrogens is 262 g/mol. The quantitative estimate of drug-likeness (QED) is 0.786. The van der Waals surface area contributed by atoms with Gasteiger partial charge in [-0.25, -0.2) is 0 Å². The van der Waals surface area contributed by atoms with Gasteiger partial charge in [-0.05, 0) is 12.1 Å². The zero-order valence-corrected chi connectivity index (χ0v) is 11.0. The molecule has 0 bridgehead atoms. The Hall–Kier alpha value is -2.70. The van der Waals surface area contributed by atoms with E-state index in [1.807, 2.05) is 0 Å². The number of nitrogens with zero attached hydrogens (tertiary/aromatic N) is 2. The number of carbonyl (C=O) groups is 2. The molecule has 1 aromatic heterocycles. The lowest BCUT2D eigenvalue weighted by Gasteiger charge is -2.07. The van der Waals surface area contributed by atoms with Crippen LogP contribution in [-0.2, 0) is 16.6 Å². The number of ether oxygens (including phenoxy) is 1. The van der Waals surface area contributed by atoms with Gasteiger partial charge in [0.05, 0.1) is 12.6 Å². The minimum atomic E-state index is -0.707. The summed E-state index contributed by atoms with van der Waals surface area (Å²) in [7, 11) is 2.85. The van der Waals surface area contributed by atoms with Crippen LogP contribution in [0.15, 0.2) is 29.1 Å². The Balaban J connectivity index is 2.40. The first-order chi connectivity index (χ1) is 9.54. The lowest BCUT2D eigenvalue weighted by atomic mass is 10.2. The molecule has 1 amide bonds. The van der Waals surface area contributed by atoms with Gasteiger partial charge in [0.25, 0.3) is 5.91 Å². The highest BCUT2D eigenvalue weighted by Crippen LogP contribution is 2.07. The fourth-order valence-corrected chi connectivity index (χ4v) is 1.78. The standard InChI is InChI=1S/C13H13N3O4/c1-16-9-6-4-3-5-8(9)12(18)11(15-16)13(19)14-7-10(17)20-2/h3-6H,7H2,1-2H3,(H,14,19). The van der Waals surface area contributed by atoms with Crippen LogP contribution in [0.5, 0.6) is 0 Å². The van der Waals surface area contributed by atoms with Crippen LogP contribution in [0, 0.1) is 0 Å². The summed E-state index contributed by atoms with van der Waals surface area (Å²) in [6, 6.07) is 6.84. The fourth-order valence-electron chi connectivity index (χ4n) is 1.78. The Bertz CT molecular complexity index is 736. The van der Waals surface area contributed by atoms with E-state index in [1.54, 1.807) is 31.3 Å². The van der Waals surface area contributed by atoms with Crippen molar-refractivity contribution >= 4 is 22.8 Å². The molecule has 0 aliphatic heterocycles. The molecule has 0 spiro atoms. The minimum absolute atomic E-state index is 0.255. The number of aromatic nitrogens is 2. The smallest absolute Gasteiger partial charge is 0.325 e. The molecule has 0 aliphatic rings. The molecule has 0 aliphatic carbocycles. The predicted octanol–water partition coefficient (Wildman–Crippen LogP) is -0.164. The van der Waals surface area contributed by atoms with E-state index < -0.39 is 17.3 Å². The van der Waals surface area contributed by atoms with E-state index in [-0.39, 0.29) is 12.2 Å². The zero-order valence-electron chi connectivity index (χ0n) is 11.0. The maximum Gasteiger partial charge on any atom is 0.325 e. The summed E-state index contributed by atoms with van der Waals surface area (Å²) in [5.74, 6) is -1.31. The van der Waals surface area contributed by atoms with Gasteiger partial charge in [0.15, 0.2) is 5.69 Å². The average molecular weight is 275 g/mol. The highest BCUT2D eigenvalue weighted by molar-refractivity contribution is 5.96. The number of esters is 1. The second-order valence-corrected chi connectivity index (χ2v) is 4.08. The van der Waals surface area contributed by atoms with Crippen molar-refractivity contribution in [2.24, 2.45) is 7.05 Å². The number of aryl methyl sites for hydroxylation is 1. The first-order valence-electron chi connectivity index (χ1n) is 5.85. The minimum Gasteiger partial charge on any atom is -0.468 e. The molecule has 0 atom stereocenters. The maximum absolute atomic E-state index is 12.2. The number of methoxy groups -OCH3 is 1. The van der Waals surface area contributed by atoms with Gasteiger partial charge in [0, 0.05) is 12.4 Å². The van der Waals surface area contributed by atoms with Gasteiger partial charge in [0.1, 0.15) is 6.54 Å².